The topological polar surface area (TPSA) is 123 Å². The fourth-order valence-corrected chi connectivity index (χ4v) is 4.96. The van der Waals surface area contributed by atoms with Crippen molar-refractivity contribution in [3.8, 4) is 17.3 Å². The van der Waals surface area contributed by atoms with Gasteiger partial charge in [-0.3, -0.25) is 14.6 Å². The zero-order valence-corrected chi connectivity index (χ0v) is 19.9. The highest BCUT2D eigenvalue weighted by Crippen LogP contribution is 2.35. The highest BCUT2D eigenvalue weighted by Gasteiger charge is 2.24. The number of pyridine rings is 1. The molecule has 0 unspecified atom stereocenters. The standard InChI is InChI=1S/C28H29N5O3/c29-26(35)24(16-18-9-12-21(34)13-10-18)32-28(36)19-11-14-25-23(17-19)31-27(22-8-4-5-15-30-22)33(25)20-6-2-1-3-7-20/h4-5,8-15,17,20,24,34H,1-3,6-7,16H2,(H2,29,35)(H,32,36)/t24-/m0/s1. The number of carbonyl (C=O) groups excluding carboxylic acids is 2. The van der Waals surface area contributed by atoms with E-state index >= 15 is 0 Å². The van der Waals surface area contributed by atoms with Crippen LogP contribution in [0.1, 0.15) is 54.1 Å². The van der Waals surface area contributed by atoms with Gasteiger partial charge in [-0.1, -0.05) is 37.5 Å². The van der Waals surface area contributed by atoms with Gasteiger partial charge in [0.15, 0.2) is 5.82 Å². The van der Waals surface area contributed by atoms with Gasteiger partial charge < -0.3 is 20.7 Å². The van der Waals surface area contributed by atoms with E-state index in [-0.39, 0.29) is 12.2 Å². The van der Waals surface area contributed by atoms with Crippen molar-refractivity contribution in [3.63, 3.8) is 0 Å². The number of fused-ring (bicyclic) bond motifs is 1. The summed E-state index contributed by atoms with van der Waals surface area (Å²) in [5.74, 6) is -0.0931. The Balaban J connectivity index is 1.45. The predicted octanol–water partition coefficient (Wildman–Crippen LogP) is 4.14. The monoisotopic (exact) mass is 483 g/mol. The van der Waals surface area contributed by atoms with Crippen LogP contribution in [0.5, 0.6) is 5.75 Å². The van der Waals surface area contributed by atoms with E-state index < -0.39 is 17.9 Å². The second-order valence-corrected chi connectivity index (χ2v) is 9.31. The molecular formula is C28H29N5O3. The normalized spacial score (nSPS) is 15.0. The summed E-state index contributed by atoms with van der Waals surface area (Å²) in [5, 5.41) is 12.2. The van der Waals surface area contributed by atoms with E-state index in [2.05, 4.69) is 14.9 Å². The van der Waals surface area contributed by atoms with Gasteiger partial charge in [0.2, 0.25) is 5.91 Å². The Hall–Kier alpha value is -4.20. The number of amides is 2. The van der Waals surface area contributed by atoms with Gasteiger partial charge in [-0.2, -0.15) is 0 Å². The first-order valence-electron chi connectivity index (χ1n) is 12.3. The molecule has 1 fully saturated rings. The molecule has 5 rings (SSSR count). The van der Waals surface area contributed by atoms with Gasteiger partial charge in [0, 0.05) is 24.2 Å². The number of phenolic OH excluding ortho intramolecular Hbond substituents is 1. The number of hydrogen-bond acceptors (Lipinski definition) is 5. The maximum Gasteiger partial charge on any atom is 0.252 e. The number of nitrogens with one attached hydrogen (secondary N) is 1. The number of nitrogens with two attached hydrogens (primary N) is 1. The molecule has 4 N–H and O–H groups in total. The third-order valence-electron chi connectivity index (χ3n) is 6.81. The zero-order valence-electron chi connectivity index (χ0n) is 19.9. The lowest BCUT2D eigenvalue weighted by Gasteiger charge is -2.25. The number of primary amides is 1. The molecule has 2 amide bonds. The van der Waals surface area contributed by atoms with Crippen LogP contribution in [0.3, 0.4) is 0 Å². The number of nitrogens with zero attached hydrogens (tertiary/aromatic N) is 3. The Labute approximate surface area is 209 Å². The smallest absolute Gasteiger partial charge is 0.252 e. The average molecular weight is 484 g/mol. The lowest BCUT2D eigenvalue weighted by atomic mass is 9.95. The summed E-state index contributed by atoms with van der Waals surface area (Å²) >= 11 is 0. The van der Waals surface area contributed by atoms with Crippen LogP contribution in [0.15, 0.2) is 66.9 Å². The average Bonchev–Trinajstić information content (AvgIpc) is 3.29. The molecule has 36 heavy (non-hydrogen) atoms. The van der Waals surface area contributed by atoms with Crippen molar-refractivity contribution in [1.82, 2.24) is 19.9 Å². The van der Waals surface area contributed by atoms with E-state index in [9.17, 15) is 14.7 Å². The number of benzene rings is 2. The molecule has 2 aromatic heterocycles. The van der Waals surface area contributed by atoms with Crippen LogP contribution >= 0.6 is 0 Å². The molecule has 0 saturated heterocycles. The minimum absolute atomic E-state index is 0.129. The number of aromatic hydroxyl groups is 1. The summed E-state index contributed by atoms with van der Waals surface area (Å²) in [4.78, 5) is 34.6. The lowest BCUT2D eigenvalue weighted by molar-refractivity contribution is -0.119. The molecule has 2 heterocycles. The number of aromatic nitrogens is 3. The van der Waals surface area contributed by atoms with Crippen LogP contribution in [0.2, 0.25) is 0 Å². The second kappa shape index (κ2) is 10.2. The summed E-state index contributed by atoms with van der Waals surface area (Å²) in [7, 11) is 0. The van der Waals surface area contributed by atoms with Gasteiger partial charge in [-0.25, -0.2) is 4.98 Å². The Morgan fingerprint density at radius 2 is 1.83 bits per heavy atom. The Bertz CT molecular complexity index is 1380. The van der Waals surface area contributed by atoms with Crippen LogP contribution < -0.4 is 11.1 Å². The minimum atomic E-state index is -0.887. The summed E-state index contributed by atoms with van der Waals surface area (Å²) in [6, 6.07) is 17.1. The van der Waals surface area contributed by atoms with Crippen LogP contribution in [-0.4, -0.2) is 37.5 Å². The van der Waals surface area contributed by atoms with Gasteiger partial charge in [-0.15, -0.1) is 0 Å². The number of imidazole rings is 1. The molecule has 184 valence electrons. The molecule has 2 aromatic carbocycles. The van der Waals surface area contributed by atoms with E-state index in [1.165, 1.54) is 31.4 Å². The third-order valence-corrected chi connectivity index (χ3v) is 6.81. The summed E-state index contributed by atoms with van der Waals surface area (Å²) in [5.41, 5.74) is 9.23. The van der Waals surface area contributed by atoms with Gasteiger partial charge >= 0.3 is 0 Å². The predicted molar refractivity (Wildman–Crippen MR) is 137 cm³/mol. The molecule has 0 bridgehead atoms. The first kappa shape index (κ1) is 23.5. The Morgan fingerprint density at radius 1 is 1.06 bits per heavy atom. The van der Waals surface area contributed by atoms with Crippen molar-refractivity contribution in [1.29, 1.82) is 0 Å². The molecule has 1 saturated carbocycles. The SMILES string of the molecule is NC(=O)[C@H](Cc1ccc(O)cc1)NC(=O)c1ccc2c(c1)nc(-c1ccccn1)n2C1CCCCC1. The molecule has 1 aliphatic carbocycles. The van der Waals surface area contributed by atoms with Crippen molar-refractivity contribution in [3.05, 3.63) is 78.0 Å². The van der Waals surface area contributed by atoms with Crippen LogP contribution in [-0.2, 0) is 11.2 Å². The largest absolute Gasteiger partial charge is 0.508 e. The molecule has 8 nitrogen and oxygen atoms in total. The highest BCUT2D eigenvalue weighted by molar-refractivity contribution is 6.00. The van der Waals surface area contributed by atoms with Gasteiger partial charge in [0.25, 0.3) is 5.91 Å². The van der Waals surface area contributed by atoms with Crippen molar-refractivity contribution in [2.45, 2.75) is 50.6 Å². The molecule has 0 aliphatic heterocycles. The van der Waals surface area contributed by atoms with E-state index in [1.54, 1.807) is 30.5 Å². The van der Waals surface area contributed by atoms with Crippen LogP contribution in [0.4, 0.5) is 0 Å². The fraction of sp³-hybridized carbons (Fsp3) is 0.286. The van der Waals surface area contributed by atoms with Crippen molar-refractivity contribution >= 4 is 22.8 Å². The van der Waals surface area contributed by atoms with Crippen molar-refractivity contribution in [2.24, 2.45) is 5.73 Å². The van der Waals surface area contributed by atoms with Crippen LogP contribution in [0, 0.1) is 0 Å². The van der Waals surface area contributed by atoms with Crippen molar-refractivity contribution in [2.75, 3.05) is 0 Å². The summed E-state index contributed by atoms with van der Waals surface area (Å²) < 4.78 is 2.27. The maximum atomic E-state index is 13.1. The van der Waals surface area contributed by atoms with E-state index in [0.29, 0.717) is 17.1 Å². The fourth-order valence-electron chi connectivity index (χ4n) is 4.96. The van der Waals surface area contributed by atoms with Gasteiger partial charge in [0.05, 0.1) is 11.0 Å². The first-order chi connectivity index (χ1) is 17.5. The molecule has 1 aliphatic rings. The molecule has 8 heteroatoms. The van der Waals surface area contributed by atoms with E-state index in [1.807, 2.05) is 24.3 Å². The molecule has 1 atom stereocenters. The molecule has 0 radical (unpaired) electrons. The third kappa shape index (κ3) is 4.93. The zero-order chi connectivity index (χ0) is 25.1. The number of carbonyl (C=O) groups is 2. The maximum absolute atomic E-state index is 13.1. The Morgan fingerprint density at radius 3 is 2.53 bits per heavy atom. The highest BCUT2D eigenvalue weighted by atomic mass is 16.3. The van der Waals surface area contributed by atoms with E-state index in [0.717, 1.165) is 35.4 Å². The quantitative estimate of drug-likeness (QED) is 0.365. The summed E-state index contributed by atoms with van der Waals surface area (Å²) in [6.07, 6.45) is 7.78. The Kier molecular flexibility index (Phi) is 6.66. The molecular weight excluding hydrogens is 454 g/mol. The lowest BCUT2D eigenvalue weighted by Crippen LogP contribution is -2.45. The second-order valence-electron chi connectivity index (χ2n) is 9.31. The molecule has 0 spiro atoms. The van der Waals surface area contributed by atoms with Gasteiger partial charge in [-0.05, 0) is 60.9 Å². The molecule has 4 aromatic rings. The van der Waals surface area contributed by atoms with Gasteiger partial charge in [0.1, 0.15) is 17.5 Å². The number of phenols is 1. The number of hydrogen-bond donors (Lipinski definition) is 3. The summed E-state index contributed by atoms with van der Waals surface area (Å²) in [6.45, 7) is 0. The van der Waals surface area contributed by atoms with Crippen LogP contribution in [0.25, 0.3) is 22.6 Å². The minimum Gasteiger partial charge on any atom is -0.508 e. The number of rotatable bonds is 7. The first-order valence-corrected chi connectivity index (χ1v) is 12.3. The van der Waals surface area contributed by atoms with E-state index in [4.69, 9.17) is 10.7 Å². The van der Waals surface area contributed by atoms with Crippen molar-refractivity contribution < 1.29 is 14.7 Å².